The zero-order valence-electron chi connectivity index (χ0n) is 21.0. The number of ether oxygens (including phenoxy) is 5. The van der Waals surface area contributed by atoms with Gasteiger partial charge in [-0.1, -0.05) is 25.3 Å². The van der Waals surface area contributed by atoms with Crippen LogP contribution in [0.1, 0.15) is 25.0 Å². The first-order valence-electron chi connectivity index (χ1n) is 11.1. The second-order valence-corrected chi connectivity index (χ2v) is 7.47. The van der Waals surface area contributed by atoms with Crippen LogP contribution in [0.25, 0.3) is 11.1 Å². The van der Waals surface area contributed by atoms with Gasteiger partial charge in [0.15, 0.2) is 24.0 Å². The molecule has 0 N–H and O–H groups in total. The van der Waals surface area contributed by atoms with Gasteiger partial charge in [-0.3, -0.25) is 0 Å². The molecule has 0 aliphatic rings. The van der Waals surface area contributed by atoms with E-state index in [4.69, 9.17) is 23.7 Å². The number of carbonyl (C=O) groups is 2. The number of hydrogen-bond donors (Lipinski definition) is 0. The third kappa shape index (κ3) is 9.54. The minimum absolute atomic E-state index is 0.0331. The van der Waals surface area contributed by atoms with Crippen LogP contribution in [0.5, 0.6) is 23.0 Å². The third-order valence-electron chi connectivity index (χ3n) is 4.99. The van der Waals surface area contributed by atoms with Gasteiger partial charge in [0.1, 0.15) is 24.7 Å². The van der Waals surface area contributed by atoms with E-state index >= 15 is 0 Å². The molecular formula is C28H24F4O7. The Bertz CT molecular complexity index is 1300. The van der Waals surface area contributed by atoms with Crippen LogP contribution < -0.4 is 18.9 Å². The van der Waals surface area contributed by atoms with Crippen LogP contribution in [-0.2, 0) is 14.3 Å². The molecule has 0 radical (unpaired) electrons. The SMILES string of the molecule is C=CC(=O)OCCOc1ccc(/C(C)=C(\C)c2cc(OC=C(F)F)c(OC(=O)C=C)cc2OC=C(F)F)cc1. The molecule has 0 aliphatic heterocycles. The number of allylic oxidation sites excluding steroid dienone is 2. The summed E-state index contributed by atoms with van der Waals surface area (Å²) in [4.78, 5) is 22.8. The van der Waals surface area contributed by atoms with Gasteiger partial charge >= 0.3 is 24.1 Å². The highest BCUT2D eigenvalue weighted by molar-refractivity contribution is 5.92. The number of esters is 2. The molecule has 0 spiro atoms. The van der Waals surface area contributed by atoms with E-state index in [2.05, 4.69) is 13.2 Å². The lowest BCUT2D eigenvalue weighted by atomic mass is 9.96. The molecule has 2 aromatic carbocycles. The smallest absolute Gasteiger partial charge is 0.335 e. The first-order chi connectivity index (χ1) is 18.5. The monoisotopic (exact) mass is 548 g/mol. The molecule has 39 heavy (non-hydrogen) atoms. The molecule has 0 saturated carbocycles. The summed E-state index contributed by atoms with van der Waals surface area (Å²) in [5.74, 6) is -1.86. The summed E-state index contributed by atoms with van der Waals surface area (Å²) >= 11 is 0. The van der Waals surface area contributed by atoms with Gasteiger partial charge in [-0.25, -0.2) is 9.59 Å². The highest BCUT2D eigenvalue weighted by Crippen LogP contribution is 2.41. The molecule has 0 amide bonds. The predicted molar refractivity (Wildman–Crippen MR) is 135 cm³/mol. The van der Waals surface area contributed by atoms with Crippen molar-refractivity contribution in [3.8, 4) is 23.0 Å². The lowest BCUT2D eigenvalue weighted by Gasteiger charge is -2.17. The van der Waals surface area contributed by atoms with Crippen LogP contribution in [0.3, 0.4) is 0 Å². The van der Waals surface area contributed by atoms with Crippen LogP contribution in [-0.4, -0.2) is 25.2 Å². The highest BCUT2D eigenvalue weighted by atomic mass is 19.3. The minimum Gasteiger partial charge on any atom is -0.490 e. The minimum atomic E-state index is -2.16. The van der Waals surface area contributed by atoms with Crippen molar-refractivity contribution in [3.63, 3.8) is 0 Å². The van der Waals surface area contributed by atoms with Gasteiger partial charge in [-0.2, -0.15) is 17.6 Å². The van der Waals surface area contributed by atoms with E-state index in [-0.39, 0.29) is 48.5 Å². The molecule has 0 atom stereocenters. The molecule has 0 bridgehead atoms. The van der Waals surface area contributed by atoms with Gasteiger partial charge in [0.25, 0.3) is 0 Å². The number of carbonyl (C=O) groups excluding carboxylic acids is 2. The van der Waals surface area contributed by atoms with E-state index in [1.807, 2.05) is 0 Å². The average molecular weight is 548 g/mol. The van der Waals surface area contributed by atoms with Crippen molar-refractivity contribution in [1.82, 2.24) is 0 Å². The van der Waals surface area contributed by atoms with Gasteiger partial charge in [0.2, 0.25) is 0 Å². The zero-order chi connectivity index (χ0) is 28.9. The highest BCUT2D eigenvalue weighted by Gasteiger charge is 2.18. The first-order valence-corrected chi connectivity index (χ1v) is 11.1. The predicted octanol–water partition coefficient (Wildman–Crippen LogP) is 7.07. The van der Waals surface area contributed by atoms with Crippen molar-refractivity contribution in [2.24, 2.45) is 0 Å². The van der Waals surface area contributed by atoms with Crippen molar-refractivity contribution < 1.29 is 50.8 Å². The maximum absolute atomic E-state index is 12.8. The Hall–Kier alpha value is -4.80. The Balaban J connectivity index is 2.47. The van der Waals surface area contributed by atoms with E-state index in [0.717, 1.165) is 18.2 Å². The quantitative estimate of drug-likeness (QED) is 0.0504. The van der Waals surface area contributed by atoms with Gasteiger partial charge < -0.3 is 23.7 Å². The van der Waals surface area contributed by atoms with E-state index in [0.29, 0.717) is 22.5 Å². The average Bonchev–Trinajstić information content (AvgIpc) is 2.92. The summed E-state index contributed by atoms with van der Waals surface area (Å²) in [5.41, 5.74) is 2.05. The normalized spacial score (nSPS) is 10.8. The Morgan fingerprint density at radius 1 is 0.769 bits per heavy atom. The molecule has 0 saturated heterocycles. The molecule has 2 rings (SSSR count). The molecular weight excluding hydrogens is 524 g/mol. The van der Waals surface area contributed by atoms with Crippen molar-refractivity contribution in [2.75, 3.05) is 13.2 Å². The second-order valence-electron chi connectivity index (χ2n) is 7.47. The summed E-state index contributed by atoms with van der Waals surface area (Å²) in [6.07, 6.45) is -2.12. The summed E-state index contributed by atoms with van der Waals surface area (Å²) in [6.45, 7) is 10.1. The zero-order valence-corrected chi connectivity index (χ0v) is 21.0. The number of hydrogen-bond acceptors (Lipinski definition) is 7. The largest absolute Gasteiger partial charge is 0.490 e. The lowest BCUT2D eigenvalue weighted by molar-refractivity contribution is -0.138. The number of rotatable bonds is 13. The van der Waals surface area contributed by atoms with Crippen LogP contribution in [0.4, 0.5) is 17.6 Å². The van der Waals surface area contributed by atoms with E-state index in [1.165, 1.54) is 6.07 Å². The van der Waals surface area contributed by atoms with E-state index < -0.39 is 24.1 Å². The van der Waals surface area contributed by atoms with Crippen molar-refractivity contribution in [1.29, 1.82) is 0 Å². The first kappa shape index (κ1) is 30.4. The van der Waals surface area contributed by atoms with E-state index in [9.17, 15) is 27.2 Å². The summed E-state index contributed by atoms with van der Waals surface area (Å²) < 4.78 is 76.5. The van der Waals surface area contributed by atoms with Gasteiger partial charge in [-0.05, 0) is 48.8 Å². The molecule has 0 aliphatic carbocycles. The molecule has 2 aromatic rings. The van der Waals surface area contributed by atoms with E-state index in [1.54, 1.807) is 38.1 Å². The number of benzene rings is 2. The fraction of sp³-hybridized carbons (Fsp3) is 0.143. The fourth-order valence-electron chi connectivity index (χ4n) is 3.05. The molecule has 206 valence electrons. The maximum Gasteiger partial charge on any atom is 0.335 e. The van der Waals surface area contributed by atoms with Crippen molar-refractivity contribution in [2.45, 2.75) is 13.8 Å². The molecule has 7 nitrogen and oxygen atoms in total. The Kier molecular flexibility index (Phi) is 11.6. The molecule has 0 aromatic heterocycles. The molecule has 0 heterocycles. The summed E-state index contributed by atoms with van der Waals surface area (Å²) in [6, 6.07) is 9.06. The molecule has 11 heteroatoms. The molecule has 0 unspecified atom stereocenters. The fourth-order valence-corrected chi connectivity index (χ4v) is 3.05. The van der Waals surface area contributed by atoms with Gasteiger partial charge in [0.05, 0.1) is 0 Å². The van der Waals surface area contributed by atoms with Crippen molar-refractivity contribution >= 4 is 23.1 Å². The van der Waals surface area contributed by atoms with Gasteiger partial charge in [-0.15, -0.1) is 0 Å². The Labute approximate surface area is 221 Å². The topological polar surface area (TPSA) is 80.3 Å². The second kappa shape index (κ2) is 14.8. The Morgan fingerprint density at radius 2 is 1.36 bits per heavy atom. The lowest BCUT2D eigenvalue weighted by Crippen LogP contribution is -2.10. The summed E-state index contributed by atoms with van der Waals surface area (Å²) in [7, 11) is 0. The third-order valence-corrected chi connectivity index (χ3v) is 4.99. The van der Waals surface area contributed by atoms with Crippen molar-refractivity contribution in [3.05, 3.63) is 97.5 Å². The molecule has 0 fully saturated rings. The van der Waals surface area contributed by atoms with Crippen LogP contribution in [0.2, 0.25) is 0 Å². The van der Waals surface area contributed by atoms with Gasteiger partial charge in [0, 0.05) is 23.8 Å². The van der Waals surface area contributed by atoms with Crippen LogP contribution in [0.15, 0.2) is 86.4 Å². The summed E-state index contributed by atoms with van der Waals surface area (Å²) in [5, 5.41) is 0. The number of halogens is 4. The van der Waals surface area contributed by atoms with Crippen LogP contribution >= 0.6 is 0 Å². The standard InChI is InChI=1S/C28H24F4O7/c1-5-27(33)36-12-11-35-20-9-7-19(8-10-20)17(3)18(4)21-13-23(38-16-26(31)32)24(39-28(34)6-2)14-22(21)37-15-25(29)30/h5-10,13-16H,1-2,11-12H2,3-4H3/b18-17+. The Morgan fingerprint density at radius 3 is 1.92 bits per heavy atom. The maximum atomic E-state index is 12.8. The van der Waals surface area contributed by atoms with Crippen LogP contribution in [0, 0.1) is 0 Å².